The van der Waals surface area contributed by atoms with Crippen LogP contribution in [0.2, 0.25) is 0 Å². The molecule has 0 spiro atoms. The Bertz CT molecular complexity index is 438. The molecule has 0 aromatic carbocycles. The highest BCUT2D eigenvalue weighted by Gasteiger charge is 2.25. The molecule has 16 heavy (non-hydrogen) atoms. The SMILES string of the molecule is CCC(NS(=O)(=O)c1cccs1)C(=O)OC. The first-order valence-corrected chi connectivity index (χ1v) is 7.01. The summed E-state index contributed by atoms with van der Waals surface area (Å²) in [6.07, 6.45) is 0.345. The minimum Gasteiger partial charge on any atom is -0.468 e. The summed E-state index contributed by atoms with van der Waals surface area (Å²) in [5.74, 6) is -0.581. The Morgan fingerprint density at radius 1 is 1.62 bits per heavy atom. The number of sulfonamides is 1. The van der Waals surface area contributed by atoms with Crippen LogP contribution in [0.4, 0.5) is 0 Å². The van der Waals surface area contributed by atoms with Gasteiger partial charge >= 0.3 is 5.97 Å². The van der Waals surface area contributed by atoms with Crippen LogP contribution in [0.15, 0.2) is 21.7 Å². The highest BCUT2D eigenvalue weighted by molar-refractivity contribution is 7.91. The number of hydrogen-bond acceptors (Lipinski definition) is 5. The minimum atomic E-state index is -3.62. The fourth-order valence-electron chi connectivity index (χ4n) is 1.10. The first kappa shape index (κ1) is 13.1. The molecule has 1 heterocycles. The number of carbonyl (C=O) groups is 1. The van der Waals surface area contributed by atoms with E-state index in [1.807, 2.05) is 0 Å². The third kappa shape index (κ3) is 3.03. The van der Waals surface area contributed by atoms with Crippen LogP contribution in [-0.2, 0) is 19.6 Å². The van der Waals surface area contributed by atoms with Crippen LogP contribution in [-0.4, -0.2) is 27.5 Å². The van der Waals surface area contributed by atoms with Crippen LogP contribution in [0.5, 0.6) is 0 Å². The van der Waals surface area contributed by atoms with Gasteiger partial charge in [-0.2, -0.15) is 4.72 Å². The molecule has 7 heteroatoms. The molecule has 1 rings (SSSR count). The van der Waals surface area contributed by atoms with Crippen LogP contribution in [0.1, 0.15) is 13.3 Å². The van der Waals surface area contributed by atoms with Crippen molar-refractivity contribution in [2.45, 2.75) is 23.6 Å². The Kier molecular flexibility index (Phi) is 4.45. The number of methoxy groups -OCH3 is 1. The van der Waals surface area contributed by atoms with Crippen LogP contribution in [0.25, 0.3) is 0 Å². The molecule has 0 amide bonds. The molecule has 1 N–H and O–H groups in total. The summed E-state index contributed by atoms with van der Waals surface area (Å²) in [7, 11) is -2.39. The van der Waals surface area contributed by atoms with Gasteiger partial charge in [-0.15, -0.1) is 11.3 Å². The highest BCUT2D eigenvalue weighted by atomic mass is 32.2. The molecule has 0 radical (unpaired) electrons. The van der Waals surface area contributed by atoms with Gasteiger partial charge in [-0.05, 0) is 17.9 Å². The lowest BCUT2D eigenvalue weighted by Gasteiger charge is -2.13. The van der Waals surface area contributed by atoms with Crippen molar-refractivity contribution in [2.75, 3.05) is 7.11 Å². The molecule has 1 atom stereocenters. The van der Waals surface area contributed by atoms with Crippen LogP contribution >= 0.6 is 11.3 Å². The summed E-state index contributed by atoms with van der Waals surface area (Å²) in [5, 5.41) is 1.66. The van der Waals surface area contributed by atoms with E-state index in [9.17, 15) is 13.2 Å². The Morgan fingerprint density at radius 3 is 2.75 bits per heavy atom. The molecule has 5 nitrogen and oxygen atoms in total. The van der Waals surface area contributed by atoms with E-state index in [0.717, 1.165) is 11.3 Å². The van der Waals surface area contributed by atoms with Crippen LogP contribution in [0.3, 0.4) is 0 Å². The maximum atomic E-state index is 11.8. The molecule has 0 fully saturated rings. The van der Waals surface area contributed by atoms with Gasteiger partial charge in [0.2, 0.25) is 0 Å². The van der Waals surface area contributed by atoms with E-state index in [1.54, 1.807) is 18.4 Å². The van der Waals surface area contributed by atoms with Gasteiger partial charge in [0.15, 0.2) is 0 Å². The fourth-order valence-corrected chi connectivity index (χ4v) is 3.38. The molecule has 90 valence electrons. The number of nitrogens with one attached hydrogen (secondary N) is 1. The lowest BCUT2D eigenvalue weighted by atomic mass is 10.2. The number of hydrogen-bond donors (Lipinski definition) is 1. The molecule has 0 aliphatic heterocycles. The number of rotatable bonds is 5. The Morgan fingerprint density at radius 2 is 2.31 bits per heavy atom. The van der Waals surface area contributed by atoms with E-state index in [0.29, 0.717) is 6.42 Å². The average molecular weight is 263 g/mol. The van der Waals surface area contributed by atoms with Crippen molar-refractivity contribution in [3.8, 4) is 0 Å². The van der Waals surface area contributed by atoms with Crippen molar-refractivity contribution < 1.29 is 17.9 Å². The normalized spacial score (nSPS) is 13.4. The van der Waals surface area contributed by atoms with Gasteiger partial charge < -0.3 is 4.74 Å². The first-order chi connectivity index (χ1) is 7.51. The molecule has 0 saturated carbocycles. The van der Waals surface area contributed by atoms with Crippen LogP contribution in [0, 0.1) is 0 Å². The molecular formula is C9H13NO4S2. The lowest BCUT2D eigenvalue weighted by Crippen LogP contribution is -2.40. The summed E-state index contributed by atoms with van der Waals surface area (Å²) < 4.78 is 30.5. The van der Waals surface area contributed by atoms with Gasteiger partial charge in [-0.3, -0.25) is 4.79 Å². The van der Waals surface area contributed by atoms with E-state index in [2.05, 4.69) is 9.46 Å². The standard InChI is InChI=1S/C9H13NO4S2/c1-3-7(9(11)14-2)10-16(12,13)8-5-4-6-15-8/h4-7,10H,3H2,1-2H3. The summed E-state index contributed by atoms with van der Waals surface area (Å²) in [4.78, 5) is 11.2. The van der Waals surface area contributed by atoms with Gasteiger partial charge in [0.25, 0.3) is 10.0 Å². The number of esters is 1. The van der Waals surface area contributed by atoms with E-state index in [-0.39, 0.29) is 4.21 Å². The van der Waals surface area contributed by atoms with Crippen molar-refractivity contribution in [1.82, 2.24) is 4.72 Å². The van der Waals surface area contributed by atoms with Gasteiger partial charge in [0.1, 0.15) is 10.3 Å². The summed E-state index contributed by atoms with van der Waals surface area (Å²) in [6, 6.07) is 2.28. The lowest BCUT2D eigenvalue weighted by molar-refractivity contribution is -0.142. The summed E-state index contributed by atoms with van der Waals surface area (Å²) in [5.41, 5.74) is 0. The molecule has 0 saturated heterocycles. The summed E-state index contributed by atoms with van der Waals surface area (Å²) in [6.45, 7) is 1.71. The molecule has 1 aromatic heterocycles. The van der Waals surface area contributed by atoms with Gasteiger partial charge in [-0.1, -0.05) is 13.0 Å². The second kappa shape index (κ2) is 5.42. The average Bonchev–Trinajstić information content (AvgIpc) is 2.78. The van der Waals surface area contributed by atoms with E-state index >= 15 is 0 Å². The van der Waals surface area contributed by atoms with Gasteiger partial charge in [0.05, 0.1) is 7.11 Å². The largest absolute Gasteiger partial charge is 0.468 e. The summed E-state index contributed by atoms with van der Waals surface area (Å²) >= 11 is 1.10. The third-order valence-electron chi connectivity index (χ3n) is 1.95. The van der Waals surface area contributed by atoms with E-state index < -0.39 is 22.0 Å². The minimum absolute atomic E-state index is 0.190. The second-order valence-electron chi connectivity index (χ2n) is 3.04. The fraction of sp³-hybridized carbons (Fsp3) is 0.444. The zero-order chi connectivity index (χ0) is 12.2. The maximum absolute atomic E-state index is 11.8. The number of thiophene rings is 1. The van der Waals surface area contributed by atoms with Crippen molar-refractivity contribution in [1.29, 1.82) is 0 Å². The Labute approximate surface area is 98.5 Å². The maximum Gasteiger partial charge on any atom is 0.323 e. The highest BCUT2D eigenvalue weighted by Crippen LogP contribution is 2.16. The Balaban J connectivity index is 2.84. The molecule has 1 aromatic rings. The van der Waals surface area contributed by atoms with Crippen molar-refractivity contribution >= 4 is 27.3 Å². The molecular weight excluding hydrogens is 250 g/mol. The molecule has 1 unspecified atom stereocenters. The quantitative estimate of drug-likeness (QED) is 0.804. The van der Waals surface area contributed by atoms with Gasteiger partial charge in [0, 0.05) is 0 Å². The van der Waals surface area contributed by atoms with E-state index in [1.165, 1.54) is 13.2 Å². The molecule has 0 bridgehead atoms. The third-order valence-corrected chi connectivity index (χ3v) is 4.82. The Hall–Kier alpha value is -0.920. The predicted molar refractivity (Wildman–Crippen MR) is 60.7 cm³/mol. The zero-order valence-electron chi connectivity index (χ0n) is 8.97. The first-order valence-electron chi connectivity index (χ1n) is 4.65. The van der Waals surface area contributed by atoms with Crippen molar-refractivity contribution in [2.24, 2.45) is 0 Å². The zero-order valence-corrected chi connectivity index (χ0v) is 10.6. The molecule has 0 aliphatic carbocycles. The monoisotopic (exact) mass is 263 g/mol. The smallest absolute Gasteiger partial charge is 0.323 e. The van der Waals surface area contributed by atoms with E-state index in [4.69, 9.17) is 0 Å². The van der Waals surface area contributed by atoms with Crippen molar-refractivity contribution in [3.05, 3.63) is 17.5 Å². The molecule has 0 aliphatic rings. The van der Waals surface area contributed by atoms with Crippen LogP contribution < -0.4 is 4.72 Å². The number of ether oxygens (including phenoxy) is 1. The number of carbonyl (C=O) groups excluding carboxylic acids is 1. The van der Waals surface area contributed by atoms with Gasteiger partial charge in [-0.25, -0.2) is 8.42 Å². The second-order valence-corrected chi connectivity index (χ2v) is 5.93. The van der Waals surface area contributed by atoms with Crippen molar-refractivity contribution in [3.63, 3.8) is 0 Å². The topological polar surface area (TPSA) is 72.5 Å². The predicted octanol–water partition coefficient (Wildman–Crippen LogP) is 0.978.